The van der Waals surface area contributed by atoms with Gasteiger partial charge in [-0.25, -0.2) is 9.59 Å². The van der Waals surface area contributed by atoms with Crippen LogP contribution in [-0.2, 0) is 9.53 Å². The van der Waals surface area contributed by atoms with Crippen LogP contribution < -0.4 is 11.1 Å². The van der Waals surface area contributed by atoms with Gasteiger partial charge in [-0.05, 0) is 47.1 Å². The topological polar surface area (TPSA) is 114 Å². The highest BCUT2D eigenvalue weighted by atomic mass is 16.6. The van der Waals surface area contributed by atoms with E-state index in [4.69, 9.17) is 15.6 Å². The standard InChI is InChI=1S/C14H27N3O4/c1-10(17-13(20)21-14(2,3)4)16-11(12(18)19)8-6-5-7-9-15/h11H,5-9,15H2,1-4H3,(H,18,19)(H,16,17,20). The van der Waals surface area contributed by atoms with E-state index in [0.717, 1.165) is 19.3 Å². The highest BCUT2D eigenvalue weighted by Crippen LogP contribution is 2.08. The molecule has 0 heterocycles. The zero-order valence-corrected chi connectivity index (χ0v) is 13.3. The second kappa shape index (κ2) is 9.33. The van der Waals surface area contributed by atoms with Gasteiger partial charge in [0, 0.05) is 0 Å². The Morgan fingerprint density at radius 1 is 1.29 bits per heavy atom. The van der Waals surface area contributed by atoms with Crippen LogP contribution in [0.15, 0.2) is 4.99 Å². The Kier molecular flexibility index (Phi) is 8.61. The maximum atomic E-state index is 11.5. The lowest BCUT2D eigenvalue weighted by atomic mass is 10.1. The summed E-state index contributed by atoms with van der Waals surface area (Å²) in [5, 5.41) is 11.6. The Labute approximate surface area is 125 Å². The van der Waals surface area contributed by atoms with Crippen molar-refractivity contribution in [1.82, 2.24) is 5.32 Å². The number of carboxylic acid groups (broad SMARTS) is 1. The number of nitrogens with zero attached hydrogens (tertiary/aromatic N) is 1. The van der Waals surface area contributed by atoms with Crippen molar-refractivity contribution in [2.24, 2.45) is 10.7 Å². The molecule has 7 nitrogen and oxygen atoms in total. The Morgan fingerprint density at radius 3 is 2.38 bits per heavy atom. The predicted molar refractivity (Wildman–Crippen MR) is 81.4 cm³/mol. The van der Waals surface area contributed by atoms with Crippen LogP contribution in [0.1, 0.15) is 53.4 Å². The zero-order valence-electron chi connectivity index (χ0n) is 13.3. The average Bonchev–Trinajstić information content (AvgIpc) is 2.30. The number of aliphatic imine (C=N–C) groups is 1. The number of rotatable bonds is 7. The van der Waals surface area contributed by atoms with Gasteiger partial charge in [-0.15, -0.1) is 0 Å². The molecule has 0 aliphatic heterocycles. The van der Waals surface area contributed by atoms with Crippen LogP contribution in [0.4, 0.5) is 4.79 Å². The first kappa shape index (κ1) is 19.4. The van der Waals surface area contributed by atoms with Gasteiger partial charge in [0.15, 0.2) is 0 Å². The van der Waals surface area contributed by atoms with Crippen LogP contribution in [0.3, 0.4) is 0 Å². The number of aliphatic carboxylic acids is 1. The largest absolute Gasteiger partial charge is 0.480 e. The number of carboxylic acids is 1. The molecule has 0 aromatic rings. The van der Waals surface area contributed by atoms with E-state index in [1.54, 1.807) is 27.7 Å². The number of amidine groups is 1. The van der Waals surface area contributed by atoms with Crippen molar-refractivity contribution in [3.05, 3.63) is 0 Å². The minimum absolute atomic E-state index is 0.232. The number of carbonyl (C=O) groups excluding carboxylic acids is 1. The van der Waals surface area contributed by atoms with Gasteiger partial charge in [-0.2, -0.15) is 0 Å². The maximum Gasteiger partial charge on any atom is 0.413 e. The van der Waals surface area contributed by atoms with Gasteiger partial charge in [-0.1, -0.05) is 12.8 Å². The van der Waals surface area contributed by atoms with Gasteiger partial charge in [0.2, 0.25) is 0 Å². The Hall–Kier alpha value is -1.63. The van der Waals surface area contributed by atoms with Crippen LogP contribution >= 0.6 is 0 Å². The maximum absolute atomic E-state index is 11.5. The van der Waals surface area contributed by atoms with Crippen LogP contribution in [0.2, 0.25) is 0 Å². The van der Waals surface area contributed by atoms with E-state index in [1.165, 1.54) is 0 Å². The monoisotopic (exact) mass is 301 g/mol. The number of nitrogens with one attached hydrogen (secondary N) is 1. The third-order valence-electron chi connectivity index (χ3n) is 2.50. The molecule has 122 valence electrons. The highest BCUT2D eigenvalue weighted by Gasteiger charge is 2.19. The molecule has 1 amide bonds. The smallest absolute Gasteiger partial charge is 0.413 e. The molecule has 0 aromatic carbocycles. The van der Waals surface area contributed by atoms with Crippen molar-refractivity contribution in [2.75, 3.05) is 6.54 Å². The number of hydrogen-bond acceptors (Lipinski definition) is 5. The molecule has 7 heteroatoms. The molecule has 0 aliphatic carbocycles. The van der Waals surface area contributed by atoms with E-state index >= 15 is 0 Å². The van der Waals surface area contributed by atoms with Crippen molar-refractivity contribution in [2.45, 2.75) is 65.0 Å². The second-order valence-electron chi connectivity index (χ2n) is 5.83. The van der Waals surface area contributed by atoms with Gasteiger partial charge in [-0.3, -0.25) is 10.3 Å². The minimum atomic E-state index is -1.01. The van der Waals surface area contributed by atoms with E-state index in [-0.39, 0.29) is 5.84 Å². The molecule has 0 saturated heterocycles. The Balaban J connectivity index is 4.44. The first-order chi connectivity index (χ1) is 9.65. The van der Waals surface area contributed by atoms with Crippen molar-refractivity contribution >= 4 is 17.9 Å². The number of unbranched alkanes of at least 4 members (excludes halogenated alkanes) is 2. The van der Waals surface area contributed by atoms with Gasteiger partial charge in [0.1, 0.15) is 17.5 Å². The summed E-state index contributed by atoms with van der Waals surface area (Å²) in [7, 11) is 0. The number of alkyl carbamates (subject to hydrolysis) is 1. The van der Waals surface area contributed by atoms with Gasteiger partial charge in [0.25, 0.3) is 0 Å². The molecular weight excluding hydrogens is 274 g/mol. The molecule has 0 aromatic heterocycles. The molecule has 21 heavy (non-hydrogen) atoms. The van der Waals surface area contributed by atoms with Crippen molar-refractivity contribution in [3.8, 4) is 0 Å². The lowest BCUT2D eigenvalue weighted by Gasteiger charge is -2.19. The van der Waals surface area contributed by atoms with Crippen molar-refractivity contribution in [3.63, 3.8) is 0 Å². The average molecular weight is 301 g/mol. The summed E-state index contributed by atoms with van der Waals surface area (Å²) in [6.07, 6.45) is 2.25. The van der Waals surface area contributed by atoms with Crippen molar-refractivity contribution in [1.29, 1.82) is 0 Å². The summed E-state index contributed by atoms with van der Waals surface area (Å²) in [5.41, 5.74) is 4.77. The zero-order chi connectivity index (χ0) is 16.5. The molecule has 0 fully saturated rings. The molecule has 1 unspecified atom stereocenters. The van der Waals surface area contributed by atoms with Crippen LogP contribution in [-0.4, -0.2) is 41.2 Å². The molecule has 0 bridgehead atoms. The quantitative estimate of drug-likeness (QED) is 0.377. The number of amides is 1. The van der Waals surface area contributed by atoms with Crippen LogP contribution in [0.5, 0.6) is 0 Å². The number of hydrogen-bond donors (Lipinski definition) is 3. The second-order valence-corrected chi connectivity index (χ2v) is 5.83. The minimum Gasteiger partial charge on any atom is -0.480 e. The predicted octanol–water partition coefficient (Wildman–Crippen LogP) is 1.90. The van der Waals surface area contributed by atoms with Gasteiger partial charge >= 0.3 is 12.1 Å². The molecule has 0 saturated carbocycles. The molecule has 0 aliphatic rings. The summed E-state index contributed by atoms with van der Waals surface area (Å²) in [6, 6.07) is -0.863. The SMILES string of the molecule is C/C(=N/C(CCCCCN)C(=O)O)NC(=O)OC(C)(C)C. The van der Waals surface area contributed by atoms with E-state index < -0.39 is 23.7 Å². The fraction of sp³-hybridized carbons (Fsp3) is 0.786. The summed E-state index contributed by atoms with van der Waals surface area (Å²) < 4.78 is 5.07. The van der Waals surface area contributed by atoms with Crippen LogP contribution in [0.25, 0.3) is 0 Å². The van der Waals surface area contributed by atoms with E-state index in [0.29, 0.717) is 13.0 Å². The van der Waals surface area contributed by atoms with Crippen LogP contribution in [0, 0.1) is 0 Å². The summed E-state index contributed by atoms with van der Waals surface area (Å²) in [6.45, 7) is 7.38. The molecule has 0 radical (unpaired) electrons. The third-order valence-corrected chi connectivity index (χ3v) is 2.50. The summed E-state index contributed by atoms with van der Waals surface area (Å²) in [5.74, 6) is -0.774. The van der Waals surface area contributed by atoms with Crippen molar-refractivity contribution < 1.29 is 19.4 Å². The van der Waals surface area contributed by atoms with Gasteiger partial charge < -0.3 is 15.6 Å². The van der Waals surface area contributed by atoms with Gasteiger partial charge in [0.05, 0.1) is 0 Å². The lowest BCUT2D eigenvalue weighted by Crippen LogP contribution is -2.36. The molecule has 4 N–H and O–H groups in total. The summed E-state index contributed by atoms with van der Waals surface area (Å²) in [4.78, 5) is 26.7. The van der Waals surface area contributed by atoms with E-state index in [1.807, 2.05) is 0 Å². The van der Waals surface area contributed by atoms with E-state index in [2.05, 4.69) is 10.3 Å². The Morgan fingerprint density at radius 2 is 1.90 bits per heavy atom. The lowest BCUT2D eigenvalue weighted by molar-refractivity contribution is -0.138. The number of ether oxygens (including phenoxy) is 1. The fourth-order valence-electron chi connectivity index (χ4n) is 1.62. The number of nitrogens with two attached hydrogens (primary N) is 1. The molecule has 0 spiro atoms. The third kappa shape index (κ3) is 10.8. The molecule has 1 atom stereocenters. The fourth-order valence-corrected chi connectivity index (χ4v) is 1.62. The summed E-state index contributed by atoms with van der Waals surface area (Å²) >= 11 is 0. The molecular formula is C14H27N3O4. The Bertz CT molecular complexity index is 375. The normalized spacial score (nSPS) is 13.7. The highest BCUT2D eigenvalue weighted by molar-refractivity contribution is 5.95. The molecule has 0 rings (SSSR count). The van der Waals surface area contributed by atoms with E-state index in [9.17, 15) is 9.59 Å². The first-order valence-electron chi connectivity index (χ1n) is 7.13. The first-order valence-corrected chi connectivity index (χ1v) is 7.13. The number of carbonyl (C=O) groups is 2.